The van der Waals surface area contributed by atoms with E-state index in [0.717, 1.165) is 6.42 Å². The van der Waals surface area contributed by atoms with Crippen molar-refractivity contribution in [3.8, 4) is 0 Å². The third-order valence-electron chi connectivity index (χ3n) is 3.88. The van der Waals surface area contributed by atoms with Gasteiger partial charge in [-0.25, -0.2) is 8.78 Å². The van der Waals surface area contributed by atoms with Gasteiger partial charge < -0.3 is 4.90 Å². The average Bonchev–Trinajstić information content (AvgIpc) is 2.97. The lowest BCUT2D eigenvalue weighted by Gasteiger charge is -2.25. The highest BCUT2D eigenvalue weighted by molar-refractivity contribution is 5.95. The number of halogens is 2. The van der Waals surface area contributed by atoms with Gasteiger partial charge in [0.1, 0.15) is 11.6 Å². The van der Waals surface area contributed by atoms with Crippen molar-refractivity contribution >= 4 is 5.91 Å². The number of benzene rings is 2. The number of carbonyl (C=O) groups excluding carboxylic acids is 1. The van der Waals surface area contributed by atoms with Crippen LogP contribution < -0.4 is 0 Å². The molecule has 1 fully saturated rings. The molecule has 2 aromatic carbocycles. The number of amides is 1. The first-order chi connectivity index (χ1) is 10.2. The zero-order chi connectivity index (χ0) is 14.8. The van der Waals surface area contributed by atoms with Crippen LogP contribution in [0.5, 0.6) is 0 Å². The summed E-state index contributed by atoms with van der Waals surface area (Å²) < 4.78 is 27.7. The summed E-state index contributed by atoms with van der Waals surface area (Å²) >= 11 is 0. The topological polar surface area (TPSA) is 20.3 Å². The second-order valence-electron chi connectivity index (χ2n) is 5.16. The molecule has 0 aromatic heterocycles. The minimum atomic E-state index is -0.540. The summed E-state index contributed by atoms with van der Waals surface area (Å²) in [5, 5.41) is 0. The highest BCUT2D eigenvalue weighted by Gasteiger charge is 2.32. The molecule has 0 unspecified atom stereocenters. The summed E-state index contributed by atoms with van der Waals surface area (Å²) in [6.07, 6.45) is 1.49. The Morgan fingerprint density at radius 1 is 1.00 bits per heavy atom. The van der Waals surface area contributed by atoms with Crippen LogP contribution in [0.15, 0.2) is 48.5 Å². The third-order valence-corrected chi connectivity index (χ3v) is 3.88. The zero-order valence-electron chi connectivity index (χ0n) is 11.4. The first kappa shape index (κ1) is 13.7. The number of hydrogen-bond donors (Lipinski definition) is 0. The molecule has 4 heteroatoms. The van der Waals surface area contributed by atoms with Gasteiger partial charge in [-0.2, -0.15) is 0 Å². The van der Waals surface area contributed by atoms with Crippen LogP contribution in [0.3, 0.4) is 0 Å². The molecule has 1 amide bonds. The van der Waals surface area contributed by atoms with Crippen molar-refractivity contribution in [2.45, 2.75) is 18.9 Å². The maximum Gasteiger partial charge on any atom is 0.257 e. The molecule has 0 spiro atoms. The van der Waals surface area contributed by atoms with Crippen LogP contribution in [-0.2, 0) is 0 Å². The number of nitrogens with zero attached hydrogens (tertiary/aromatic N) is 1. The van der Waals surface area contributed by atoms with Gasteiger partial charge in [-0.1, -0.05) is 30.3 Å². The second-order valence-corrected chi connectivity index (χ2v) is 5.16. The number of hydrogen-bond acceptors (Lipinski definition) is 1. The van der Waals surface area contributed by atoms with Gasteiger partial charge in [0.2, 0.25) is 0 Å². The van der Waals surface area contributed by atoms with Crippen LogP contribution in [0, 0.1) is 11.6 Å². The van der Waals surface area contributed by atoms with Crippen LogP contribution in [0.25, 0.3) is 0 Å². The van der Waals surface area contributed by atoms with Crippen molar-refractivity contribution in [3.63, 3.8) is 0 Å². The fourth-order valence-corrected chi connectivity index (χ4v) is 2.87. The summed E-state index contributed by atoms with van der Waals surface area (Å²) in [5.41, 5.74) is 0.542. The molecule has 3 rings (SSSR count). The molecular formula is C17H15F2NO. The largest absolute Gasteiger partial charge is 0.331 e. The van der Waals surface area contributed by atoms with Crippen molar-refractivity contribution in [1.82, 2.24) is 4.90 Å². The van der Waals surface area contributed by atoms with Gasteiger partial charge in [-0.15, -0.1) is 0 Å². The summed E-state index contributed by atoms with van der Waals surface area (Å²) in [6.45, 7) is 0.520. The van der Waals surface area contributed by atoms with Gasteiger partial charge in [0.25, 0.3) is 5.91 Å². The molecule has 1 aliphatic heterocycles. The minimum absolute atomic E-state index is 0.0424. The van der Waals surface area contributed by atoms with Gasteiger partial charge in [0.15, 0.2) is 0 Å². The highest BCUT2D eigenvalue weighted by atomic mass is 19.1. The monoisotopic (exact) mass is 287 g/mol. The molecule has 0 saturated carbocycles. The SMILES string of the molecule is O=C(c1ccccc1F)N1CCC[C@@H]1c1ccccc1F. The van der Waals surface area contributed by atoms with Crippen LogP contribution >= 0.6 is 0 Å². The summed E-state index contributed by atoms with van der Waals surface area (Å²) in [5.74, 6) is -1.24. The lowest BCUT2D eigenvalue weighted by Crippen LogP contribution is -2.31. The Morgan fingerprint density at radius 2 is 1.67 bits per heavy atom. The molecule has 1 saturated heterocycles. The summed E-state index contributed by atoms with van der Waals surface area (Å²) in [4.78, 5) is 14.1. The average molecular weight is 287 g/mol. The number of carbonyl (C=O) groups is 1. The first-order valence-corrected chi connectivity index (χ1v) is 6.98. The zero-order valence-corrected chi connectivity index (χ0v) is 11.4. The molecule has 21 heavy (non-hydrogen) atoms. The molecule has 1 heterocycles. The third kappa shape index (κ3) is 2.53. The predicted octanol–water partition coefficient (Wildman–Crippen LogP) is 3.94. The van der Waals surface area contributed by atoms with E-state index in [1.807, 2.05) is 0 Å². The van der Waals surface area contributed by atoms with Crippen LogP contribution in [0.2, 0.25) is 0 Å². The molecule has 2 aromatic rings. The van der Waals surface area contributed by atoms with Crippen molar-refractivity contribution < 1.29 is 13.6 Å². The predicted molar refractivity (Wildman–Crippen MR) is 75.8 cm³/mol. The van der Waals surface area contributed by atoms with E-state index in [0.29, 0.717) is 18.5 Å². The van der Waals surface area contributed by atoms with Gasteiger partial charge in [-0.3, -0.25) is 4.79 Å². The lowest BCUT2D eigenvalue weighted by atomic mass is 10.0. The van der Waals surface area contributed by atoms with Gasteiger partial charge >= 0.3 is 0 Å². The molecule has 1 aliphatic rings. The van der Waals surface area contributed by atoms with E-state index >= 15 is 0 Å². The Balaban J connectivity index is 1.93. The fourth-order valence-electron chi connectivity index (χ4n) is 2.87. The van der Waals surface area contributed by atoms with E-state index in [2.05, 4.69) is 0 Å². The Labute approximate surface area is 122 Å². The van der Waals surface area contributed by atoms with E-state index in [1.165, 1.54) is 18.2 Å². The smallest absolute Gasteiger partial charge is 0.257 e. The van der Waals surface area contributed by atoms with E-state index < -0.39 is 5.82 Å². The van der Waals surface area contributed by atoms with E-state index in [1.54, 1.807) is 35.2 Å². The van der Waals surface area contributed by atoms with Crippen LogP contribution in [0.4, 0.5) is 8.78 Å². The normalized spacial score (nSPS) is 18.0. The van der Waals surface area contributed by atoms with Gasteiger partial charge in [0, 0.05) is 12.1 Å². The Hall–Kier alpha value is -2.23. The maximum atomic E-state index is 13.9. The maximum absolute atomic E-state index is 13.9. The number of rotatable bonds is 2. The molecular weight excluding hydrogens is 272 g/mol. The van der Waals surface area contributed by atoms with Crippen molar-refractivity contribution in [2.24, 2.45) is 0 Å². The van der Waals surface area contributed by atoms with Crippen LogP contribution in [-0.4, -0.2) is 17.4 Å². The van der Waals surface area contributed by atoms with Gasteiger partial charge in [-0.05, 0) is 31.0 Å². The molecule has 0 bridgehead atoms. The molecule has 108 valence electrons. The fraction of sp³-hybridized carbons (Fsp3) is 0.235. The van der Waals surface area contributed by atoms with E-state index in [-0.39, 0.29) is 23.3 Å². The van der Waals surface area contributed by atoms with E-state index in [9.17, 15) is 13.6 Å². The van der Waals surface area contributed by atoms with Crippen molar-refractivity contribution in [1.29, 1.82) is 0 Å². The second kappa shape index (κ2) is 5.64. The summed E-state index contributed by atoms with van der Waals surface area (Å²) in [7, 11) is 0. The minimum Gasteiger partial charge on any atom is -0.331 e. The molecule has 2 nitrogen and oxygen atoms in total. The first-order valence-electron chi connectivity index (χ1n) is 6.98. The molecule has 0 radical (unpaired) electrons. The Bertz CT molecular complexity index is 671. The summed E-state index contributed by atoms with van der Waals surface area (Å²) in [6, 6.07) is 12.0. The molecule has 0 N–H and O–H groups in total. The highest BCUT2D eigenvalue weighted by Crippen LogP contribution is 2.34. The van der Waals surface area contributed by atoms with Crippen LogP contribution in [0.1, 0.15) is 34.8 Å². The Kier molecular flexibility index (Phi) is 3.69. The van der Waals surface area contributed by atoms with Gasteiger partial charge in [0.05, 0.1) is 11.6 Å². The quantitative estimate of drug-likeness (QED) is 0.819. The van der Waals surface area contributed by atoms with Crippen molar-refractivity contribution in [2.75, 3.05) is 6.54 Å². The van der Waals surface area contributed by atoms with E-state index in [4.69, 9.17) is 0 Å². The Morgan fingerprint density at radius 3 is 2.38 bits per heavy atom. The van der Waals surface area contributed by atoms with Crippen molar-refractivity contribution in [3.05, 3.63) is 71.3 Å². The standard InChI is InChI=1S/C17H15F2NO/c18-14-8-3-1-6-12(14)16-10-5-11-20(16)17(21)13-7-2-4-9-15(13)19/h1-4,6-9,16H,5,10-11H2/t16-/m1/s1. The molecule has 1 atom stereocenters. The molecule has 0 aliphatic carbocycles. The number of likely N-dealkylation sites (tertiary alicyclic amines) is 1. The lowest BCUT2D eigenvalue weighted by molar-refractivity contribution is 0.0729.